The summed E-state index contributed by atoms with van der Waals surface area (Å²) in [5, 5.41) is 3.93. The van der Waals surface area contributed by atoms with E-state index in [9.17, 15) is 4.79 Å². The predicted molar refractivity (Wildman–Crippen MR) is 126 cm³/mol. The lowest BCUT2D eigenvalue weighted by atomic mass is 9.96. The zero-order valence-corrected chi connectivity index (χ0v) is 18.4. The number of aromatic nitrogens is 1. The molecule has 0 fully saturated rings. The number of aliphatic imine (C=N–C) groups is 1. The summed E-state index contributed by atoms with van der Waals surface area (Å²) in [6, 6.07) is 10.00. The van der Waals surface area contributed by atoms with Crippen LogP contribution in [0.2, 0.25) is 0 Å². The summed E-state index contributed by atoms with van der Waals surface area (Å²) in [6.07, 6.45) is 12.1. The lowest BCUT2D eigenvalue weighted by Gasteiger charge is -2.12. The minimum absolute atomic E-state index is 0.0589. The summed E-state index contributed by atoms with van der Waals surface area (Å²) in [7, 11) is 0. The van der Waals surface area contributed by atoms with Crippen LogP contribution < -0.4 is 5.32 Å². The molecule has 0 unspecified atom stereocenters. The number of rotatable bonds is 4. The molecular weight excluding hydrogens is 390 g/mol. The Bertz CT molecular complexity index is 1050. The largest absolute Gasteiger partial charge is 0.322 e. The van der Waals surface area contributed by atoms with Crippen LogP contribution in [0.5, 0.6) is 0 Å². The summed E-state index contributed by atoms with van der Waals surface area (Å²) in [5.41, 5.74) is 5.99. The summed E-state index contributed by atoms with van der Waals surface area (Å²) in [6.45, 7) is 4.10. The molecular formula is C25H27N3OS. The van der Waals surface area contributed by atoms with E-state index in [1.54, 1.807) is 29.9 Å². The SMILES string of the molecule is Cc1cc(C)cc(NC(=O)c2c(N=Cc3cccnc3)sc3c2CCCCCC3)c1. The molecule has 0 aliphatic heterocycles. The molecule has 3 aromatic rings. The van der Waals surface area contributed by atoms with Crippen molar-refractivity contribution in [1.29, 1.82) is 0 Å². The highest BCUT2D eigenvalue weighted by atomic mass is 32.1. The van der Waals surface area contributed by atoms with Gasteiger partial charge in [-0.1, -0.05) is 25.0 Å². The van der Waals surface area contributed by atoms with Crippen molar-refractivity contribution < 1.29 is 4.79 Å². The van der Waals surface area contributed by atoms with E-state index in [-0.39, 0.29) is 5.91 Å². The van der Waals surface area contributed by atoms with Gasteiger partial charge in [0.2, 0.25) is 0 Å². The molecule has 1 aromatic carbocycles. The number of pyridine rings is 1. The molecule has 0 bridgehead atoms. The molecule has 0 spiro atoms. The first-order chi connectivity index (χ1) is 14.6. The summed E-state index contributed by atoms with van der Waals surface area (Å²) in [4.78, 5) is 23.6. The lowest BCUT2D eigenvalue weighted by molar-refractivity contribution is 0.102. The average Bonchev–Trinajstić information content (AvgIpc) is 3.03. The quantitative estimate of drug-likeness (QED) is 0.498. The minimum atomic E-state index is -0.0589. The Morgan fingerprint density at radius 3 is 2.60 bits per heavy atom. The molecule has 1 N–H and O–H groups in total. The molecule has 0 saturated heterocycles. The smallest absolute Gasteiger partial charge is 0.259 e. The van der Waals surface area contributed by atoms with Gasteiger partial charge in [0.15, 0.2) is 0 Å². The predicted octanol–water partition coefficient (Wildman–Crippen LogP) is 6.42. The van der Waals surface area contributed by atoms with Gasteiger partial charge < -0.3 is 5.32 Å². The molecule has 154 valence electrons. The second-order valence-corrected chi connectivity index (χ2v) is 9.06. The Balaban J connectivity index is 1.71. The summed E-state index contributed by atoms with van der Waals surface area (Å²) >= 11 is 1.67. The number of benzene rings is 1. The maximum Gasteiger partial charge on any atom is 0.259 e. The molecule has 4 nitrogen and oxygen atoms in total. The van der Waals surface area contributed by atoms with Crippen LogP contribution in [-0.2, 0) is 12.8 Å². The Kier molecular flexibility index (Phi) is 6.38. The second-order valence-electron chi connectivity index (χ2n) is 7.97. The van der Waals surface area contributed by atoms with Crippen molar-refractivity contribution in [2.45, 2.75) is 52.4 Å². The van der Waals surface area contributed by atoms with Gasteiger partial charge in [0.05, 0.1) is 5.56 Å². The molecule has 0 radical (unpaired) electrons. The number of nitrogens with zero attached hydrogens (tertiary/aromatic N) is 2. The van der Waals surface area contributed by atoms with E-state index in [1.807, 2.05) is 38.1 Å². The zero-order chi connectivity index (χ0) is 20.9. The topological polar surface area (TPSA) is 54.4 Å². The first-order valence-corrected chi connectivity index (χ1v) is 11.4. The van der Waals surface area contributed by atoms with Gasteiger partial charge in [-0.25, -0.2) is 4.99 Å². The van der Waals surface area contributed by atoms with Crippen molar-refractivity contribution in [3.63, 3.8) is 0 Å². The standard InChI is InChI=1S/C25H27N3OS/c1-17-12-18(2)14-20(13-17)28-24(29)23-21-9-5-3-4-6-10-22(21)30-25(23)27-16-19-8-7-11-26-15-19/h7-8,11-16H,3-6,9-10H2,1-2H3,(H,28,29). The van der Waals surface area contributed by atoms with E-state index in [4.69, 9.17) is 4.99 Å². The zero-order valence-electron chi connectivity index (χ0n) is 17.6. The number of nitrogens with one attached hydrogen (secondary N) is 1. The Morgan fingerprint density at radius 1 is 1.10 bits per heavy atom. The molecule has 30 heavy (non-hydrogen) atoms. The van der Waals surface area contributed by atoms with Crippen LogP contribution in [0.4, 0.5) is 10.7 Å². The van der Waals surface area contributed by atoms with Gasteiger partial charge in [-0.2, -0.15) is 0 Å². The number of carbonyl (C=O) groups excluding carboxylic acids is 1. The fourth-order valence-electron chi connectivity index (χ4n) is 4.06. The number of aryl methyl sites for hydroxylation is 3. The van der Waals surface area contributed by atoms with Crippen molar-refractivity contribution in [2.75, 3.05) is 5.32 Å². The minimum Gasteiger partial charge on any atom is -0.322 e. The van der Waals surface area contributed by atoms with Crippen molar-refractivity contribution in [3.8, 4) is 0 Å². The number of fused-ring (bicyclic) bond motifs is 1. The molecule has 1 aliphatic rings. The third-order valence-electron chi connectivity index (χ3n) is 5.37. The van der Waals surface area contributed by atoms with E-state index in [1.165, 1.54) is 29.7 Å². The van der Waals surface area contributed by atoms with Gasteiger partial charge in [-0.05, 0) is 74.4 Å². The first-order valence-electron chi connectivity index (χ1n) is 10.6. The number of carbonyl (C=O) groups is 1. The average molecular weight is 418 g/mol. The number of anilines is 1. The molecule has 2 aromatic heterocycles. The molecule has 1 aliphatic carbocycles. The van der Waals surface area contributed by atoms with Crippen molar-refractivity contribution in [3.05, 3.63) is 75.4 Å². The van der Waals surface area contributed by atoms with Crippen molar-refractivity contribution in [1.82, 2.24) is 4.98 Å². The molecule has 0 saturated carbocycles. The summed E-state index contributed by atoms with van der Waals surface area (Å²) in [5.74, 6) is -0.0589. The third kappa shape index (κ3) is 4.85. The number of hydrogen-bond acceptors (Lipinski definition) is 4. The Hall–Kier alpha value is -2.79. The van der Waals surface area contributed by atoms with E-state index in [2.05, 4.69) is 16.4 Å². The van der Waals surface area contributed by atoms with Crippen LogP contribution in [0.15, 0.2) is 47.7 Å². The highest BCUT2D eigenvalue weighted by molar-refractivity contribution is 7.16. The number of hydrogen-bond donors (Lipinski definition) is 1. The van der Waals surface area contributed by atoms with Gasteiger partial charge in [0, 0.05) is 34.7 Å². The monoisotopic (exact) mass is 417 g/mol. The van der Waals surface area contributed by atoms with E-state index in [0.717, 1.165) is 52.2 Å². The fourth-order valence-corrected chi connectivity index (χ4v) is 5.29. The van der Waals surface area contributed by atoms with Gasteiger partial charge in [-0.15, -0.1) is 11.3 Å². The van der Waals surface area contributed by atoms with Crippen LogP contribution in [0.3, 0.4) is 0 Å². The fraction of sp³-hybridized carbons (Fsp3) is 0.320. The van der Waals surface area contributed by atoms with Crippen LogP contribution in [-0.4, -0.2) is 17.1 Å². The molecule has 0 atom stereocenters. The Morgan fingerprint density at radius 2 is 1.87 bits per heavy atom. The van der Waals surface area contributed by atoms with Crippen LogP contribution >= 0.6 is 11.3 Å². The molecule has 4 rings (SSSR count). The Labute approximate surface area is 182 Å². The first kappa shape index (κ1) is 20.5. The molecule has 5 heteroatoms. The molecule has 2 heterocycles. The van der Waals surface area contributed by atoms with E-state index in [0.29, 0.717) is 0 Å². The van der Waals surface area contributed by atoms with Gasteiger partial charge in [-0.3, -0.25) is 9.78 Å². The van der Waals surface area contributed by atoms with E-state index >= 15 is 0 Å². The third-order valence-corrected chi connectivity index (χ3v) is 6.57. The van der Waals surface area contributed by atoms with Gasteiger partial charge in [0.1, 0.15) is 5.00 Å². The normalized spacial score (nSPS) is 14.2. The van der Waals surface area contributed by atoms with Gasteiger partial charge in [0.25, 0.3) is 5.91 Å². The van der Waals surface area contributed by atoms with Crippen LogP contribution in [0, 0.1) is 13.8 Å². The highest BCUT2D eigenvalue weighted by Crippen LogP contribution is 2.39. The maximum atomic E-state index is 13.4. The lowest BCUT2D eigenvalue weighted by Crippen LogP contribution is -2.14. The van der Waals surface area contributed by atoms with Gasteiger partial charge >= 0.3 is 0 Å². The highest BCUT2D eigenvalue weighted by Gasteiger charge is 2.24. The van der Waals surface area contributed by atoms with Crippen LogP contribution in [0.1, 0.15) is 63.2 Å². The van der Waals surface area contributed by atoms with Crippen LogP contribution in [0.25, 0.3) is 0 Å². The van der Waals surface area contributed by atoms with Crippen molar-refractivity contribution >= 4 is 34.1 Å². The molecule has 1 amide bonds. The van der Waals surface area contributed by atoms with Crippen molar-refractivity contribution in [2.24, 2.45) is 4.99 Å². The van der Waals surface area contributed by atoms with E-state index < -0.39 is 0 Å². The number of amides is 1. The number of thiophene rings is 1. The maximum absolute atomic E-state index is 13.4. The second kappa shape index (κ2) is 9.35. The summed E-state index contributed by atoms with van der Waals surface area (Å²) < 4.78 is 0.